The van der Waals surface area contributed by atoms with Gasteiger partial charge in [-0.25, -0.2) is 23.3 Å². The van der Waals surface area contributed by atoms with Crippen LogP contribution in [0.1, 0.15) is 34.8 Å². The highest BCUT2D eigenvalue weighted by atomic mass is 19.2. The Balaban J connectivity index is 1.47. The highest BCUT2D eigenvalue weighted by Gasteiger charge is 2.30. The van der Waals surface area contributed by atoms with E-state index in [1.165, 1.54) is 30.1 Å². The number of nitrogens with one attached hydrogen (secondary N) is 1. The average Bonchev–Trinajstić information content (AvgIpc) is 3.48. The van der Waals surface area contributed by atoms with Crippen molar-refractivity contribution in [3.05, 3.63) is 77.8 Å². The third-order valence-electron chi connectivity index (χ3n) is 5.70. The molecule has 1 amide bonds. The Morgan fingerprint density at radius 1 is 1.21 bits per heavy atom. The molecule has 1 aliphatic heterocycles. The number of rotatable bonds is 5. The molecule has 0 spiro atoms. The van der Waals surface area contributed by atoms with Gasteiger partial charge in [-0.05, 0) is 37.1 Å². The smallest absolute Gasteiger partial charge is 0.261 e. The van der Waals surface area contributed by atoms with Gasteiger partial charge in [0, 0.05) is 24.5 Å². The average molecular weight is 450 g/mol. The minimum Gasteiger partial charge on any atom is -0.480 e. The van der Waals surface area contributed by atoms with Crippen molar-refractivity contribution in [2.24, 2.45) is 0 Å². The lowest BCUT2D eigenvalue weighted by Gasteiger charge is -2.26. The number of carbonyl (C=O) groups is 1. The lowest BCUT2D eigenvalue weighted by atomic mass is 10.0. The van der Waals surface area contributed by atoms with Crippen LogP contribution in [0, 0.1) is 11.6 Å². The SMILES string of the molecule is COc1ncccc1C(=O)Nc1cnn2ccc(N3CCCC3c3cccc(F)c3F)nc12. The molecule has 1 aromatic carbocycles. The molecule has 1 saturated heterocycles. The van der Waals surface area contributed by atoms with Crippen LogP contribution in [0.15, 0.2) is 55.0 Å². The standard InChI is InChI=1S/C23H20F2N6O2/c1-33-23-15(6-3-10-26-23)22(32)28-17-13-27-31-12-9-19(29-21(17)31)30-11-4-8-18(30)14-5-2-7-16(24)20(14)25/h2-3,5-7,9-10,12-13,18H,4,8,11H2,1H3,(H,28,32). The summed E-state index contributed by atoms with van der Waals surface area (Å²) in [6.07, 6.45) is 6.25. The Labute approximate surface area is 187 Å². The van der Waals surface area contributed by atoms with Crippen molar-refractivity contribution in [1.82, 2.24) is 19.6 Å². The largest absolute Gasteiger partial charge is 0.480 e. The number of fused-ring (bicyclic) bond motifs is 1. The zero-order chi connectivity index (χ0) is 22.9. The van der Waals surface area contributed by atoms with E-state index in [4.69, 9.17) is 4.74 Å². The second kappa shape index (κ2) is 8.45. The van der Waals surface area contributed by atoms with Gasteiger partial charge in [-0.15, -0.1) is 0 Å². The molecular weight excluding hydrogens is 430 g/mol. The number of aromatic nitrogens is 4. The zero-order valence-electron chi connectivity index (χ0n) is 17.7. The number of benzene rings is 1. The quantitative estimate of drug-likeness (QED) is 0.495. The molecule has 33 heavy (non-hydrogen) atoms. The Morgan fingerprint density at radius 3 is 2.94 bits per heavy atom. The molecule has 0 saturated carbocycles. The van der Waals surface area contributed by atoms with Gasteiger partial charge in [-0.3, -0.25) is 4.79 Å². The van der Waals surface area contributed by atoms with Gasteiger partial charge in [0.25, 0.3) is 5.91 Å². The highest BCUT2D eigenvalue weighted by Crippen LogP contribution is 2.37. The van der Waals surface area contributed by atoms with Crippen LogP contribution in [0.2, 0.25) is 0 Å². The predicted octanol–water partition coefficient (Wildman–Crippen LogP) is 4.00. The van der Waals surface area contributed by atoms with E-state index in [1.807, 2.05) is 4.90 Å². The Hall–Kier alpha value is -4.08. The number of pyridine rings is 1. The molecule has 4 heterocycles. The second-order valence-electron chi connectivity index (χ2n) is 7.62. The van der Waals surface area contributed by atoms with E-state index in [2.05, 4.69) is 20.4 Å². The number of methoxy groups -OCH3 is 1. The number of halogens is 2. The molecule has 168 valence electrons. The molecule has 5 rings (SSSR count). The van der Waals surface area contributed by atoms with Crippen molar-refractivity contribution >= 4 is 23.1 Å². The Morgan fingerprint density at radius 2 is 2.09 bits per heavy atom. The van der Waals surface area contributed by atoms with Crippen molar-refractivity contribution in [2.45, 2.75) is 18.9 Å². The second-order valence-corrected chi connectivity index (χ2v) is 7.62. The summed E-state index contributed by atoms with van der Waals surface area (Å²) in [7, 11) is 1.44. The lowest BCUT2D eigenvalue weighted by molar-refractivity contribution is 0.102. The fourth-order valence-corrected chi connectivity index (χ4v) is 4.17. The van der Waals surface area contributed by atoms with Crippen molar-refractivity contribution in [2.75, 3.05) is 23.9 Å². The monoisotopic (exact) mass is 450 g/mol. The van der Waals surface area contributed by atoms with Crippen LogP contribution in [0.25, 0.3) is 5.65 Å². The van der Waals surface area contributed by atoms with Gasteiger partial charge in [-0.1, -0.05) is 12.1 Å². The van der Waals surface area contributed by atoms with E-state index in [-0.39, 0.29) is 17.5 Å². The van der Waals surface area contributed by atoms with Gasteiger partial charge in [0.2, 0.25) is 5.88 Å². The van der Waals surface area contributed by atoms with Crippen LogP contribution in [-0.2, 0) is 0 Å². The number of anilines is 2. The van der Waals surface area contributed by atoms with E-state index < -0.39 is 17.5 Å². The van der Waals surface area contributed by atoms with Crippen LogP contribution in [0.5, 0.6) is 5.88 Å². The topological polar surface area (TPSA) is 84.6 Å². The highest BCUT2D eigenvalue weighted by molar-refractivity contribution is 6.07. The predicted molar refractivity (Wildman–Crippen MR) is 117 cm³/mol. The third-order valence-corrected chi connectivity index (χ3v) is 5.70. The van der Waals surface area contributed by atoms with E-state index in [1.54, 1.807) is 30.5 Å². The molecule has 0 bridgehead atoms. The minimum atomic E-state index is -0.866. The molecule has 1 aliphatic rings. The summed E-state index contributed by atoms with van der Waals surface area (Å²) in [6.45, 7) is 0.645. The summed E-state index contributed by atoms with van der Waals surface area (Å²) < 4.78 is 35.0. The normalized spacial score (nSPS) is 15.7. The molecule has 0 radical (unpaired) electrons. The number of carbonyl (C=O) groups excluding carboxylic acids is 1. The molecule has 1 atom stereocenters. The fourth-order valence-electron chi connectivity index (χ4n) is 4.17. The Kier molecular flexibility index (Phi) is 5.33. The zero-order valence-corrected chi connectivity index (χ0v) is 17.7. The lowest BCUT2D eigenvalue weighted by Crippen LogP contribution is -2.24. The maximum absolute atomic E-state index is 14.5. The maximum atomic E-state index is 14.5. The van der Waals surface area contributed by atoms with Crippen LogP contribution in [-0.4, -0.2) is 39.1 Å². The maximum Gasteiger partial charge on any atom is 0.261 e. The molecule has 10 heteroatoms. The van der Waals surface area contributed by atoms with Gasteiger partial charge < -0.3 is 15.0 Å². The number of hydrogen-bond acceptors (Lipinski definition) is 6. The summed E-state index contributed by atoms with van der Waals surface area (Å²) in [5, 5.41) is 7.04. The summed E-state index contributed by atoms with van der Waals surface area (Å²) >= 11 is 0. The molecule has 1 fully saturated rings. The fraction of sp³-hybridized carbons (Fsp3) is 0.217. The van der Waals surface area contributed by atoms with E-state index in [0.717, 1.165) is 12.5 Å². The number of nitrogens with zero attached hydrogens (tertiary/aromatic N) is 5. The number of amides is 1. The minimum absolute atomic E-state index is 0.206. The van der Waals surface area contributed by atoms with E-state index >= 15 is 0 Å². The molecule has 1 N–H and O–H groups in total. The molecule has 4 aromatic rings. The number of ether oxygens (including phenoxy) is 1. The van der Waals surface area contributed by atoms with Crippen molar-refractivity contribution < 1.29 is 18.3 Å². The summed E-state index contributed by atoms with van der Waals surface area (Å²) in [6, 6.07) is 8.91. The van der Waals surface area contributed by atoms with Crippen LogP contribution in [0.4, 0.5) is 20.3 Å². The van der Waals surface area contributed by atoms with Crippen LogP contribution >= 0.6 is 0 Å². The summed E-state index contributed by atoms with van der Waals surface area (Å²) in [4.78, 5) is 23.5. The summed E-state index contributed by atoms with van der Waals surface area (Å²) in [5.41, 5.74) is 1.41. The van der Waals surface area contributed by atoms with Crippen molar-refractivity contribution in [1.29, 1.82) is 0 Å². The summed E-state index contributed by atoms with van der Waals surface area (Å²) in [5.74, 6) is -1.32. The molecule has 0 aliphatic carbocycles. The van der Waals surface area contributed by atoms with E-state index in [9.17, 15) is 13.6 Å². The molecule has 1 unspecified atom stereocenters. The first kappa shape index (κ1) is 20.8. The van der Waals surface area contributed by atoms with Gasteiger partial charge in [0.15, 0.2) is 17.3 Å². The first-order valence-corrected chi connectivity index (χ1v) is 10.4. The third kappa shape index (κ3) is 3.73. The van der Waals surface area contributed by atoms with Gasteiger partial charge in [0.1, 0.15) is 17.1 Å². The van der Waals surface area contributed by atoms with Gasteiger partial charge in [-0.2, -0.15) is 5.10 Å². The van der Waals surface area contributed by atoms with Crippen molar-refractivity contribution in [3.8, 4) is 5.88 Å². The van der Waals surface area contributed by atoms with E-state index in [0.29, 0.717) is 35.7 Å². The van der Waals surface area contributed by atoms with Crippen LogP contribution in [0.3, 0.4) is 0 Å². The molecule has 3 aromatic heterocycles. The van der Waals surface area contributed by atoms with Crippen LogP contribution < -0.4 is 15.0 Å². The first-order chi connectivity index (χ1) is 16.1. The van der Waals surface area contributed by atoms with Crippen molar-refractivity contribution in [3.63, 3.8) is 0 Å². The van der Waals surface area contributed by atoms with Gasteiger partial charge in [0.05, 0.1) is 19.3 Å². The Bertz CT molecular complexity index is 1340. The molecular formula is C23H20F2N6O2. The first-order valence-electron chi connectivity index (χ1n) is 10.4. The van der Waals surface area contributed by atoms with Gasteiger partial charge >= 0.3 is 0 Å². The molecule has 8 nitrogen and oxygen atoms in total. The number of hydrogen-bond donors (Lipinski definition) is 1.